The van der Waals surface area contributed by atoms with Gasteiger partial charge in [-0.05, 0) is 25.1 Å². The second-order valence-electron chi connectivity index (χ2n) is 4.41. The Balaban J connectivity index is 1.98. The number of aryl methyl sites for hydroxylation is 1. The topological polar surface area (TPSA) is 64.1 Å². The molecule has 2 aromatic heterocycles. The van der Waals surface area contributed by atoms with Gasteiger partial charge < -0.3 is 10.1 Å². The summed E-state index contributed by atoms with van der Waals surface area (Å²) in [6, 6.07) is 7.64. The molecular formula is C14H12F3N3O2. The van der Waals surface area contributed by atoms with Gasteiger partial charge >= 0.3 is 6.18 Å². The second kappa shape index (κ2) is 6.42. The van der Waals surface area contributed by atoms with Crippen LogP contribution in [0.4, 0.5) is 18.9 Å². The van der Waals surface area contributed by atoms with Crippen molar-refractivity contribution < 1.29 is 22.7 Å². The first-order valence-electron chi connectivity index (χ1n) is 6.24. The van der Waals surface area contributed by atoms with Crippen molar-refractivity contribution in [2.45, 2.75) is 13.1 Å². The molecule has 1 N–H and O–H groups in total. The Labute approximate surface area is 124 Å². The zero-order valence-corrected chi connectivity index (χ0v) is 11.5. The number of anilines is 1. The monoisotopic (exact) mass is 311 g/mol. The number of carbonyl (C=O) groups is 1. The normalized spacial score (nSPS) is 11.1. The number of alkyl halides is 3. The van der Waals surface area contributed by atoms with E-state index in [1.165, 1.54) is 18.3 Å². The van der Waals surface area contributed by atoms with E-state index in [9.17, 15) is 18.0 Å². The van der Waals surface area contributed by atoms with Crippen LogP contribution in [0.1, 0.15) is 16.2 Å². The number of amides is 1. The molecule has 0 saturated carbocycles. The highest BCUT2D eigenvalue weighted by Crippen LogP contribution is 2.18. The first-order chi connectivity index (χ1) is 10.3. The number of halogens is 3. The lowest BCUT2D eigenvalue weighted by molar-refractivity contribution is -0.154. The molecule has 5 nitrogen and oxygen atoms in total. The molecule has 0 aliphatic heterocycles. The number of carbonyl (C=O) groups excluding carboxylic acids is 1. The number of pyridine rings is 2. The minimum Gasteiger partial charge on any atom is -0.468 e. The van der Waals surface area contributed by atoms with Gasteiger partial charge in [0.05, 0.1) is 11.9 Å². The summed E-state index contributed by atoms with van der Waals surface area (Å²) in [5.74, 6) is -0.613. The fourth-order valence-electron chi connectivity index (χ4n) is 1.56. The van der Waals surface area contributed by atoms with E-state index in [1.807, 2.05) is 0 Å². The molecule has 2 rings (SSSR count). The van der Waals surface area contributed by atoms with Gasteiger partial charge in [0.1, 0.15) is 5.69 Å². The molecule has 1 amide bonds. The molecular weight excluding hydrogens is 299 g/mol. The van der Waals surface area contributed by atoms with Crippen molar-refractivity contribution in [2.24, 2.45) is 0 Å². The van der Waals surface area contributed by atoms with E-state index in [2.05, 4.69) is 20.0 Å². The molecule has 0 radical (unpaired) electrons. The van der Waals surface area contributed by atoms with Crippen molar-refractivity contribution in [2.75, 3.05) is 11.9 Å². The summed E-state index contributed by atoms with van der Waals surface area (Å²) in [5, 5.41) is 2.54. The molecule has 0 bridgehead atoms. The van der Waals surface area contributed by atoms with Gasteiger partial charge in [0.25, 0.3) is 5.91 Å². The molecule has 0 aliphatic carbocycles. The van der Waals surface area contributed by atoms with Gasteiger partial charge in [-0.15, -0.1) is 0 Å². The Bertz CT molecular complexity index is 657. The lowest BCUT2D eigenvalue weighted by Gasteiger charge is -2.09. The SMILES string of the molecule is Cc1cccc(C(=O)Nc2ccc(OCC(F)(F)F)nc2)n1. The molecule has 0 unspecified atom stereocenters. The standard InChI is InChI=1S/C14H12F3N3O2/c1-9-3-2-4-11(19-9)13(21)20-10-5-6-12(18-7-10)22-8-14(15,16)17/h2-7H,8H2,1H3,(H,20,21). The van der Waals surface area contributed by atoms with Crippen molar-refractivity contribution in [1.29, 1.82) is 0 Å². The highest BCUT2D eigenvalue weighted by atomic mass is 19.4. The molecule has 2 heterocycles. The van der Waals surface area contributed by atoms with Crippen molar-refractivity contribution in [3.63, 3.8) is 0 Å². The predicted molar refractivity (Wildman–Crippen MR) is 72.7 cm³/mol. The Kier molecular flexibility index (Phi) is 4.59. The summed E-state index contributed by atoms with van der Waals surface area (Å²) in [6.07, 6.45) is -3.22. The van der Waals surface area contributed by atoms with Crippen LogP contribution in [0.25, 0.3) is 0 Å². The molecule has 0 fully saturated rings. The lowest BCUT2D eigenvalue weighted by atomic mass is 10.3. The maximum absolute atomic E-state index is 12.0. The molecule has 0 aliphatic rings. The highest BCUT2D eigenvalue weighted by Gasteiger charge is 2.28. The van der Waals surface area contributed by atoms with Crippen LogP contribution in [0.15, 0.2) is 36.5 Å². The summed E-state index contributed by atoms with van der Waals surface area (Å²) in [6.45, 7) is 0.337. The van der Waals surface area contributed by atoms with E-state index < -0.39 is 18.7 Å². The Morgan fingerprint density at radius 3 is 2.64 bits per heavy atom. The summed E-state index contributed by atoms with van der Waals surface area (Å²) >= 11 is 0. The number of hydrogen-bond acceptors (Lipinski definition) is 4. The number of ether oxygens (including phenoxy) is 1. The number of aromatic nitrogens is 2. The average molecular weight is 311 g/mol. The summed E-state index contributed by atoms with van der Waals surface area (Å²) in [4.78, 5) is 19.7. The van der Waals surface area contributed by atoms with Crippen molar-refractivity contribution in [1.82, 2.24) is 9.97 Å². The van der Waals surface area contributed by atoms with Crippen LogP contribution in [0, 0.1) is 6.92 Å². The van der Waals surface area contributed by atoms with Gasteiger partial charge in [-0.2, -0.15) is 13.2 Å². The Morgan fingerprint density at radius 2 is 2.05 bits per heavy atom. The molecule has 0 spiro atoms. The first kappa shape index (κ1) is 15.7. The molecule has 2 aromatic rings. The minimum atomic E-state index is -4.43. The van der Waals surface area contributed by atoms with Gasteiger partial charge in [-0.1, -0.05) is 6.07 Å². The molecule has 0 aromatic carbocycles. The van der Waals surface area contributed by atoms with Crippen LogP contribution < -0.4 is 10.1 Å². The number of nitrogens with one attached hydrogen (secondary N) is 1. The Hall–Kier alpha value is -2.64. The van der Waals surface area contributed by atoms with Gasteiger partial charge in [-0.25, -0.2) is 9.97 Å². The molecule has 22 heavy (non-hydrogen) atoms. The number of nitrogens with zero attached hydrogens (tertiary/aromatic N) is 2. The fraction of sp³-hybridized carbons (Fsp3) is 0.214. The van der Waals surface area contributed by atoms with Crippen molar-refractivity contribution in [3.8, 4) is 5.88 Å². The van der Waals surface area contributed by atoms with Crippen molar-refractivity contribution in [3.05, 3.63) is 47.9 Å². The van der Waals surface area contributed by atoms with E-state index >= 15 is 0 Å². The van der Waals surface area contributed by atoms with Gasteiger partial charge in [0.2, 0.25) is 5.88 Å². The maximum atomic E-state index is 12.0. The second-order valence-corrected chi connectivity index (χ2v) is 4.41. The van der Waals surface area contributed by atoms with Gasteiger partial charge in [0.15, 0.2) is 6.61 Å². The quantitative estimate of drug-likeness (QED) is 0.943. The van der Waals surface area contributed by atoms with Gasteiger partial charge in [0, 0.05) is 11.8 Å². The van der Waals surface area contributed by atoms with Gasteiger partial charge in [-0.3, -0.25) is 4.79 Å². The zero-order valence-electron chi connectivity index (χ0n) is 11.5. The average Bonchev–Trinajstić information content (AvgIpc) is 2.46. The van der Waals surface area contributed by atoms with Crippen LogP contribution >= 0.6 is 0 Å². The lowest BCUT2D eigenvalue weighted by Crippen LogP contribution is -2.19. The maximum Gasteiger partial charge on any atom is 0.422 e. The molecule has 0 atom stereocenters. The van der Waals surface area contributed by atoms with Crippen LogP contribution in [-0.2, 0) is 0 Å². The van der Waals surface area contributed by atoms with E-state index in [4.69, 9.17) is 0 Å². The smallest absolute Gasteiger partial charge is 0.422 e. The van der Waals surface area contributed by atoms with Crippen LogP contribution in [0.2, 0.25) is 0 Å². The minimum absolute atomic E-state index is 0.177. The van der Waals surface area contributed by atoms with E-state index in [-0.39, 0.29) is 11.6 Å². The summed E-state index contributed by atoms with van der Waals surface area (Å²) < 4.78 is 40.5. The van der Waals surface area contributed by atoms with Crippen molar-refractivity contribution >= 4 is 11.6 Å². The van der Waals surface area contributed by atoms with E-state index in [1.54, 1.807) is 25.1 Å². The third-order valence-corrected chi connectivity index (χ3v) is 2.50. The number of hydrogen-bond donors (Lipinski definition) is 1. The molecule has 0 saturated heterocycles. The highest BCUT2D eigenvalue weighted by molar-refractivity contribution is 6.02. The zero-order chi connectivity index (χ0) is 16.2. The molecule has 116 valence electrons. The molecule has 8 heteroatoms. The van der Waals surface area contributed by atoms with E-state index in [0.717, 1.165) is 0 Å². The van der Waals surface area contributed by atoms with Crippen LogP contribution in [0.3, 0.4) is 0 Å². The first-order valence-corrected chi connectivity index (χ1v) is 6.24. The Morgan fingerprint density at radius 1 is 1.27 bits per heavy atom. The third-order valence-electron chi connectivity index (χ3n) is 2.50. The fourth-order valence-corrected chi connectivity index (χ4v) is 1.56. The van der Waals surface area contributed by atoms with Crippen LogP contribution in [-0.4, -0.2) is 28.7 Å². The largest absolute Gasteiger partial charge is 0.468 e. The number of rotatable bonds is 4. The predicted octanol–water partition coefficient (Wildman–Crippen LogP) is 2.98. The summed E-state index contributed by atoms with van der Waals surface area (Å²) in [5.41, 5.74) is 1.26. The van der Waals surface area contributed by atoms with Crippen LogP contribution in [0.5, 0.6) is 5.88 Å². The third kappa shape index (κ3) is 4.72. The summed E-state index contributed by atoms with van der Waals surface area (Å²) in [7, 11) is 0. The van der Waals surface area contributed by atoms with E-state index in [0.29, 0.717) is 11.4 Å².